The van der Waals surface area contributed by atoms with Gasteiger partial charge in [-0.3, -0.25) is 0 Å². The molecule has 4 heteroatoms. The fourth-order valence-electron chi connectivity index (χ4n) is 2.55. The molecule has 1 unspecified atom stereocenters. The topological polar surface area (TPSA) is 12.0 Å². The van der Waals surface area contributed by atoms with Crippen LogP contribution in [0.1, 0.15) is 44.2 Å². The minimum Gasteiger partial charge on any atom is -0.309 e. The van der Waals surface area contributed by atoms with Gasteiger partial charge in [-0.25, -0.2) is 0 Å². The zero-order valence-electron chi connectivity index (χ0n) is 11.1. The van der Waals surface area contributed by atoms with Gasteiger partial charge in [0.05, 0.1) is 6.42 Å². The van der Waals surface area contributed by atoms with Crippen molar-refractivity contribution in [1.29, 1.82) is 0 Å². The lowest BCUT2D eigenvalue weighted by Crippen LogP contribution is -2.39. The Morgan fingerprint density at radius 3 is 2.32 bits per heavy atom. The summed E-state index contributed by atoms with van der Waals surface area (Å²) in [5.41, 5.74) is 0.890. The SMILES string of the molecule is CC1(CNC(CC(F)(F)F)c2ccccc2)CCC1. The number of alkyl halides is 3. The van der Waals surface area contributed by atoms with E-state index >= 15 is 0 Å². The van der Waals surface area contributed by atoms with Gasteiger partial charge in [0, 0.05) is 12.6 Å². The zero-order chi connectivity index (χ0) is 13.9. The molecule has 0 aromatic heterocycles. The standard InChI is InChI=1S/C15H20F3N/c1-14(8-5-9-14)11-19-13(10-15(16,17)18)12-6-3-2-4-7-12/h2-4,6-7,13,19H,5,8-11H2,1H3. The number of hydrogen-bond acceptors (Lipinski definition) is 1. The summed E-state index contributed by atoms with van der Waals surface area (Å²) in [6, 6.07) is 8.26. The molecule has 1 saturated carbocycles. The molecule has 106 valence electrons. The Morgan fingerprint density at radius 2 is 1.84 bits per heavy atom. The van der Waals surface area contributed by atoms with E-state index in [9.17, 15) is 13.2 Å². The highest BCUT2D eigenvalue weighted by molar-refractivity contribution is 5.19. The Kier molecular flexibility index (Phi) is 4.19. The quantitative estimate of drug-likeness (QED) is 0.833. The normalized spacial score (nSPS) is 19.8. The fraction of sp³-hybridized carbons (Fsp3) is 0.600. The summed E-state index contributed by atoms with van der Waals surface area (Å²) in [4.78, 5) is 0. The van der Waals surface area contributed by atoms with Crippen molar-refractivity contribution < 1.29 is 13.2 Å². The first-order valence-corrected chi connectivity index (χ1v) is 6.73. The average molecular weight is 271 g/mol. The Labute approximate surface area is 112 Å². The fourth-order valence-corrected chi connectivity index (χ4v) is 2.55. The molecule has 1 fully saturated rings. The lowest BCUT2D eigenvalue weighted by atomic mass is 9.70. The smallest absolute Gasteiger partial charge is 0.309 e. The maximum Gasteiger partial charge on any atom is 0.390 e. The van der Waals surface area contributed by atoms with E-state index in [4.69, 9.17) is 0 Å². The Morgan fingerprint density at radius 1 is 1.21 bits per heavy atom. The minimum absolute atomic E-state index is 0.179. The predicted molar refractivity (Wildman–Crippen MR) is 69.8 cm³/mol. The molecule has 0 spiro atoms. The second-order valence-electron chi connectivity index (χ2n) is 5.83. The molecule has 1 aliphatic rings. The summed E-state index contributed by atoms with van der Waals surface area (Å²) >= 11 is 0. The van der Waals surface area contributed by atoms with E-state index in [0.29, 0.717) is 12.1 Å². The van der Waals surface area contributed by atoms with Gasteiger partial charge in [0.15, 0.2) is 0 Å². The van der Waals surface area contributed by atoms with Crippen molar-refractivity contribution in [2.24, 2.45) is 5.41 Å². The van der Waals surface area contributed by atoms with Gasteiger partial charge >= 0.3 is 6.18 Å². The van der Waals surface area contributed by atoms with E-state index in [1.165, 1.54) is 6.42 Å². The van der Waals surface area contributed by atoms with Crippen LogP contribution >= 0.6 is 0 Å². The van der Waals surface area contributed by atoms with Crippen LogP contribution < -0.4 is 5.32 Å². The van der Waals surface area contributed by atoms with Crippen LogP contribution in [0.3, 0.4) is 0 Å². The van der Waals surface area contributed by atoms with Gasteiger partial charge in [-0.1, -0.05) is 43.7 Å². The van der Waals surface area contributed by atoms with Crippen LogP contribution in [0.15, 0.2) is 30.3 Å². The lowest BCUT2D eigenvalue weighted by molar-refractivity contribution is -0.141. The molecule has 19 heavy (non-hydrogen) atoms. The second-order valence-corrected chi connectivity index (χ2v) is 5.83. The van der Waals surface area contributed by atoms with Gasteiger partial charge in [-0.2, -0.15) is 13.2 Å². The largest absolute Gasteiger partial charge is 0.390 e. The zero-order valence-corrected chi connectivity index (χ0v) is 11.1. The molecule has 0 amide bonds. The number of halogens is 3. The highest BCUT2D eigenvalue weighted by atomic mass is 19.4. The van der Waals surface area contributed by atoms with Crippen LogP contribution in [0.5, 0.6) is 0 Å². The number of nitrogens with one attached hydrogen (secondary N) is 1. The molecule has 1 aliphatic carbocycles. The summed E-state index contributed by atoms with van der Waals surface area (Å²) in [6.07, 6.45) is -1.56. The van der Waals surface area contributed by atoms with Crippen molar-refractivity contribution in [2.45, 2.75) is 44.8 Å². The molecule has 1 aromatic rings. The van der Waals surface area contributed by atoms with Crippen LogP contribution in [-0.2, 0) is 0 Å². The third-order valence-electron chi connectivity index (χ3n) is 3.97. The molecule has 0 heterocycles. The third kappa shape index (κ3) is 4.23. The summed E-state index contributed by atoms with van der Waals surface area (Å²) in [5.74, 6) is 0. The summed E-state index contributed by atoms with van der Waals surface area (Å²) < 4.78 is 38.0. The van der Waals surface area contributed by atoms with Gasteiger partial charge in [0.1, 0.15) is 0 Å². The van der Waals surface area contributed by atoms with E-state index in [2.05, 4.69) is 12.2 Å². The average Bonchev–Trinajstić information content (AvgIpc) is 2.32. The summed E-state index contributed by atoms with van der Waals surface area (Å²) in [7, 11) is 0. The molecule has 0 aliphatic heterocycles. The molecule has 2 rings (SSSR count). The third-order valence-corrected chi connectivity index (χ3v) is 3.97. The van der Waals surface area contributed by atoms with Crippen molar-refractivity contribution >= 4 is 0 Å². The van der Waals surface area contributed by atoms with Crippen LogP contribution in [-0.4, -0.2) is 12.7 Å². The Hall–Kier alpha value is -1.03. The summed E-state index contributed by atoms with van der Waals surface area (Å²) in [5, 5.41) is 3.12. The Balaban J connectivity index is 2.02. The first-order chi connectivity index (χ1) is 8.88. The maximum atomic E-state index is 12.7. The monoisotopic (exact) mass is 271 g/mol. The summed E-state index contributed by atoms with van der Waals surface area (Å²) in [6.45, 7) is 2.79. The second kappa shape index (κ2) is 5.53. The van der Waals surface area contributed by atoms with Crippen LogP contribution in [0.4, 0.5) is 13.2 Å². The van der Waals surface area contributed by atoms with Gasteiger partial charge in [-0.05, 0) is 23.8 Å². The maximum absolute atomic E-state index is 12.7. The lowest BCUT2D eigenvalue weighted by Gasteiger charge is -2.40. The van der Waals surface area contributed by atoms with E-state index in [1.807, 2.05) is 6.07 Å². The predicted octanol–water partition coefficient (Wildman–Crippen LogP) is 4.46. The van der Waals surface area contributed by atoms with Gasteiger partial charge in [-0.15, -0.1) is 0 Å². The van der Waals surface area contributed by atoms with Gasteiger partial charge < -0.3 is 5.32 Å². The van der Waals surface area contributed by atoms with Crippen molar-refractivity contribution in [3.05, 3.63) is 35.9 Å². The minimum atomic E-state index is -4.14. The molecule has 0 radical (unpaired) electrons. The van der Waals surface area contributed by atoms with Crippen LogP contribution in [0.2, 0.25) is 0 Å². The van der Waals surface area contributed by atoms with E-state index in [-0.39, 0.29) is 5.41 Å². The van der Waals surface area contributed by atoms with Crippen molar-refractivity contribution in [3.63, 3.8) is 0 Å². The van der Waals surface area contributed by atoms with Gasteiger partial charge in [0.2, 0.25) is 0 Å². The van der Waals surface area contributed by atoms with Crippen molar-refractivity contribution in [2.75, 3.05) is 6.54 Å². The van der Waals surface area contributed by atoms with Gasteiger partial charge in [0.25, 0.3) is 0 Å². The first-order valence-electron chi connectivity index (χ1n) is 6.73. The molecule has 1 aromatic carbocycles. The van der Waals surface area contributed by atoms with E-state index in [0.717, 1.165) is 12.8 Å². The molecule has 1 N–H and O–H groups in total. The number of benzene rings is 1. The van der Waals surface area contributed by atoms with E-state index < -0.39 is 18.6 Å². The number of hydrogen-bond donors (Lipinski definition) is 1. The molecular weight excluding hydrogens is 251 g/mol. The molecular formula is C15H20F3N. The highest BCUT2D eigenvalue weighted by Crippen LogP contribution is 2.40. The molecule has 0 saturated heterocycles. The Bertz CT molecular complexity index is 396. The molecule has 1 atom stereocenters. The molecule has 1 nitrogen and oxygen atoms in total. The van der Waals surface area contributed by atoms with Crippen molar-refractivity contribution in [3.8, 4) is 0 Å². The van der Waals surface area contributed by atoms with Crippen LogP contribution in [0, 0.1) is 5.41 Å². The van der Waals surface area contributed by atoms with Crippen LogP contribution in [0.25, 0.3) is 0 Å². The van der Waals surface area contributed by atoms with Crippen molar-refractivity contribution in [1.82, 2.24) is 5.32 Å². The van der Waals surface area contributed by atoms with E-state index in [1.54, 1.807) is 24.3 Å². The first kappa shape index (κ1) is 14.4. The number of rotatable bonds is 5. The highest BCUT2D eigenvalue weighted by Gasteiger charge is 2.35. The molecule has 0 bridgehead atoms.